The molecule has 62 heavy (non-hydrogen) atoms. The van der Waals surface area contributed by atoms with Crippen LogP contribution in [0.2, 0.25) is 0 Å². The zero-order chi connectivity index (χ0) is 41.4. The van der Waals surface area contributed by atoms with Gasteiger partial charge in [-0.05, 0) is 128 Å². The van der Waals surface area contributed by atoms with Crippen LogP contribution in [0, 0.1) is 5.92 Å². The number of hydrogen-bond acceptors (Lipinski definition) is 3. The van der Waals surface area contributed by atoms with Gasteiger partial charge in [-0.3, -0.25) is 0 Å². The van der Waals surface area contributed by atoms with Gasteiger partial charge in [-0.25, -0.2) is 15.0 Å². The van der Waals surface area contributed by atoms with E-state index in [1.54, 1.807) is 0 Å². The molecule has 11 rings (SSSR count). The van der Waals surface area contributed by atoms with Crippen molar-refractivity contribution in [3.63, 3.8) is 0 Å². The Bertz CT molecular complexity index is 3060. The van der Waals surface area contributed by atoms with Crippen molar-refractivity contribution in [2.45, 2.75) is 44.9 Å². The van der Waals surface area contributed by atoms with E-state index in [2.05, 4.69) is 201 Å². The molecule has 0 amide bonds. The van der Waals surface area contributed by atoms with Gasteiger partial charge in [-0.2, -0.15) is 0 Å². The average molecular weight is 798 g/mol. The molecule has 0 N–H and O–H groups in total. The first-order valence-corrected chi connectivity index (χ1v) is 22.1. The van der Waals surface area contributed by atoms with Gasteiger partial charge in [0, 0.05) is 17.0 Å². The summed E-state index contributed by atoms with van der Waals surface area (Å²) in [6.07, 6.45) is 23.4. The fourth-order valence-corrected chi connectivity index (χ4v) is 9.60. The number of benzene rings is 6. The number of allylic oxidation sites excluding steroid dienone is 12. The summed E-state index contributed by atoms with van der Waals surface area (Å²) >= 11 is 0. The van der Waals surface area contributed by atoms with E-state index in [1.807, 2.05) is 0 Å². The molecule has 0 bridgehead atoms. The topological polar surface area (TPSA) is 38.7 Å². The van der Waals surface area contributed by atoms with Crippen LogP contribution in [0.4, 0.5) is 0 Å². The van der Waals surface area contributed by atoms with Crippen molar-refractivity contribution in [1.82, 2.24) is 15.0 Å². The van der Waals surface area contributed by atoms with Crippen molar-refractivity contribution < 1.29 is 0 Å². The normalized spacial score (nSPS) is 17.7. The van der Waals surface area contributed by atoms with Crippen molar-refractivity contribution in [2.75, 3.05) is 0 Å². The summed E-state index contributed by atoms with van der Waals surface area (Å²) in [5, 5.41) is 0. The van der Waals surface area contributed by atoms with Gasteiger partial charge in [-0.15, -0.1) is 0 Å². The fourth-order valence-electron chi connectivity index (χ4n) is 9.60. The van der Waals surface area contributed by atoms with Gasteiger partial charge >= 0.3 is 0 Å². The van der Waals surface area contributed by atoms with Crippen molar-refractivity contribution in [1.29, 1.82) is 0 Å². The second-order valence-corrected chi connectivity index (χ2v) is 17.1. The third-order valence-electron chi connectivity index (χ3n) is 12.9. The summed E-state index contributed by atoms with van der Waals surface area (Å²) in [4.78, 5) is 16.0. The molecule has 2 atom stereocenters. The van der Waals surface area contributed by atoms with Crippen LogP contribution in [0.3, 0.4) is 0 Å². The van der Waals surface area contributed by atoms with E-state index in [-0.39, 0.29) is 5.92 Å². The number of rotatable bonds is 7. The third kappa shape index (κ3) is 7.34. The molecule has 298 valence electrons. The zero-order valence-electron chi connectivity index (χ0n) is 35.0. The lowest BCUT2D eigenvalue weighted by atomic mass is 9.86. The highest BCUT2D eigenvalue weighted by molar-refractivity contribution is 5.93. The first-order chi connectivity index (χ1) is 30.6. The Balaban J connectivity index is 0.996. The Morgan fingerprint density at radius 1 is 0.484 bits per heavy atom. The van der Waals surface area contributed by atoms with Gasteiger partial charge in [0.05, 0.1) is 0 Å². The molecule has 1 heterocycles. The summed E-state index contributed by atoms with van der Waals surface area (Å²) < 4.78 is 0. The van der Waals surface area contributed by atoms with Gasteiger partial charge in [0.2, 0.25) is 0 Å². The molecular formula is C59H47N3. The van der Waals surface area contributed by atoms with Crippen molar-refractivity contribution in [2.24, 2.45) is 5.92 Å². The summed E-state index contributed by atoms with van der Waals surface area (Å²) in [7, 11) is 0. The van der Waals surface area contributed by atoms with Gasteiger partial charge in [-0.1, -0.05) is 189 Å². The highest BCUT2D eigenvalue weighted by atomic mass is 15.0. The lowest BCUT2D eigenvalue weighted by Crippen LogP contribution is -2.10. The van der Waals surface area contributed by atoms with Crippen LogP contribution < -0.4 is 0 Å². The van der Waals surface area contributed by atoms with E-state index in [4.69, 9.17) is 15.0 Å². The lowest BCUT2D eigenvalue weighted by Gasteiger charge is -2.21. The summed E-state index contributed by atoms with van der Waals surface area (Å²) in [6, 6.07) is 52.7. The van der Waals surface area contributed by atoms with Crippen molar-refractivity contribution in [3.8, 4) is 56.2 Å². The van der Waals surface area contributed by atoms with E-state index >= 15 is 0 Å². The maximum atomic E-state index is 5.37. The standard InChI is InChI=1S/C59H47N3/c1-39-28-30-41(31-29-39)43-18-13-22-50(36-43)58-60-57(49-21-12-17-42(35-49)40-14-3-2-4-15-40)61-59(62-58)55-27-10-7-24-52(55)47-20-11-19-44(34-47)45-32-33-48-37-46-16-5-6-23-51(46)53-25-8-9-26-54(53)56(48)38-45/h2-10,12-18,20-21,23-28,30-36,38-39,50H,11,19,22,29,37H2,1H3. The minimum Gasteiger partial charge on any atom is -0.212 e. The highest BCUT2D eigenvalue weighted by Gasteiger charge is 2.24. The number of nitrogens with zero attached hydrogens (tertiary/aromatic N) is 3. The molecule has 0 aliphatic heterocycles. The molecule has 0 spiro atoms. The summed E-state index contributed by atoms with van der Waals surface area (Å²) in [6.45, 7) is 2.27. The molecule has 0 saturated carbocycles. The van der Waals surface area contributed by atoms with Crippen LogP contribution in [-0.2, 0) is 6.42 Å². The minimum absolute atomic E-state index is 0.0140. The van der Waals surface area contributed by atoms with Crippen LogP contribution >= 0.6 is 0 Å². The Labute approximate surface area is 365 Å². The number of hydrogen-bond donors (Lipinski definition) is 0. The molecule has 4 aliphatic rings. The Kier molecular flexibility index (Phi) is 9.94. The SMILES string of the molecule is CC1C=CC(C2=CC(c3nc(-c4cccc(-c5ccccc5)c4)nc(-c4ccccc4C4=CCCC(c5ccc6c(c5)-c5ccccc5-c5ccccc5C6)=C4)n3)CC=C2)=CC1. The van der Waals surface area contributed by atoms with Crippen molar-refractivity contribution >= 4 is 11.1 Å². The minimum atomic E-state index is 0.0140. The first kappa shape index (κ1) is 37.7. The predicted octanol–water partition coefficient (Wildman–Crippen LogP) is 14.9. The maximum absolute atomic E-state index is 5.37. The van der Waals surface area contributed by atoms with Crippen LogP contribution in [-0.4, -0.2) is 15.0 Å². The largest absolute Gasteiger partial charge is 0.212 e. The van der Waals surface area contributed by atoms with Gasteiger partial charge in [0.15, 0.2) is 11.6 Å². The molecule has 0 saturated heterocycles. The monoisotopic (exact) mass is 797 g/mol. The van der Waals surface area contributed by atoms with E-state index in [0.717, 1.165) is 65.7 Å². The van der Waals surface area contributed by atoms with Crippen LogP contribution in [0.15, 0.2) is 205 Å². The van der Waals surface area contributed by atoms with Crippen LogP contribution in [0.25, 0.3) is 67.3 Å². The molecule has 7 aromatic rings. The van der Waals surface area contributed by atoms with E-state index in [1.165, 1.54) is 61.2 Å². The number of fused-ring (bicyclic) bond motifs is 5. The highest BCUT2D eigenvalue weighted by Crippen LogP contribution is 2.43. The molecular weight excluding hydrogens is 751 g/mol. The Hall–Kier alpha value is -7.23. The van der Waals surface area contributed by atoms with E-state index in [0.29, 0.717) is 17.6 Å². The third-order valence-corrected chi connectivity index (χ3v) is 12.9. The van der Waals surface area contributed by atoms with Gasteiger partial charge < -0.3 is 0 Å². The fraction of sp³-hybridized carbons (Fsp3) is 0.136. The molecule has 2 unspecified atom stereocenters. The van der Waals surface area contributed by atoms with E-state index in [9.17, 15) is 0 Å². The van der Waals surface area contributed by atoms with Gasteiger partial charge in [0.25, 0.3) is 0 Å². The maximum Gasteiger partial charge on any atom is 0.164 e. The molecule has 4 aliphatic carbocycles. The molecule has 6 aromatic carbocycles. The Morgan fingerprint density at radius 3 is 2.03 bits per heavy atom. The number of aromatic nitrogens is 3. The molecule has 0 fully saturated rings. The second kappa shape index (κ2) is 16.3. The van der Waals surface area contributed by atoms with Crippen molar-refractivity contribution in [3.05, 3.63) is 233 Å². The van der Waals surface area contributed by atoms with Crippen LogP contribution in [0.1, 0.15) is 66.6 Å². The Morgan fingerprint density at radius 2 is 1.19 bits per heavy atom. The molecule has 3 heteroatoms. The van der Waals surface area contributed by atoms with E-state index < -0.39 is 0 Å². The smallest absolute Gasteiger partial charge is 0.164 e. The first-order valence-electron chi connectivity index (χ1n) is 22.1. The quantitative estimate of drug-likeness (QED) is 0.161. The molecule has 3 nitrogen and oxygen atoms in total. The lowest BCUT2D eigenvalue weighted by molar-refractivity contribution is 0.729. The van der Waals surface area contributed by atoms with Crippen LogP contribution in [0.5, 0.6) is 0 Å². The summed E-state index contributed by atoms with van der Waals surface area (Å²) in [5.41, 5.74) is 19.8. The molecule has 1 aromatic heterocycles. The van der Waals surface area contributed by atoms with Gasteiger partial charge in [0.1, 0.15) is 5.82 Å². The predicted molar refractivity (Wildman–Crippen MR) is 257 cm³/mol. The molecule has 0 radical (unpaired) electrons. The second-order valence-electron chi connectivity index (χ2n) is 17.1. The summed E-state index contributed by atoms with van der Waals surface area (Å²) in [5.74, 6) is 2.76. The zero-order valence-corrected chi connectivity index (χ0v) is 35.0. The average Bonchev–Trinajstić information content (AvgIpc) is 3.49.